The first-order valence-electron chi connectivity index (χ1n) is 7.71. The van der Waals surface area contributed by atoms with Gasteiger partial charge in [-0.25, -0.2) is 0 Å². The van der Waals surface area contributed by atoms with E-state index in [1.165, 1.54) is 10.9 Å². The van der Waals surface area contributed by atoms with Crippen LogP contribution in [-0.4, -0.2) is 22.4 Å². The topological polar surface area (TPSA) is 60.7 Å². The van der Waals surface area contributed by atoms with Crippen LogP contribution in [0.15, 0.2) is 60.9 Å². The van der Waals surface area contributed by atoms with Crippen LogP contribution < -0.4 is 5.32 Å². The fraction of sp³-hybridized carbons (Fsp3) is 0.105. The van der Waals surface area contributed by atoms with Gasteiger partial charge in [0, 0.05) is 40.9 Å². The monoisotopic (exact) mass is 303 g/mol. The van der Waals surface area contributed by atoms with E-state index in [0.29, 0.717) is 12.1 Å². The second-order valence-electron chi connectivity index (χ2n) is 5.65. The number of carbonyl (C=O) groups is 1. The molecule has 0 unspecified atom stereocenters. The van der Waals surface area contributed by atoms with E-state index in [1.54, 1.807) is 0 Å². The number of hydrogen-bond acceptors (Lipinski definition) is 1. The highest BCUT2D eigenvalue weighted by Gasteiger charge is 2.07. The van der Waals surface area contributed by atoms with Crippen LogP contribution in [-0.2, 0) is 6.42 Å². The Kier molecular flexibility index (Phi) is 3.35. The van der Waals surface area contributed by atoms with Gasteiger partial charge in [0.1, 0.15) is 0 Å². The summed E-state index contributed by atoms with van der Waals surface area (Å²) in [5, 5.41) is 5.32. The molecule has 23 heavy (non-hydrogen) atoms. The molecule has 4 heteroatoms. The van der Waals surface area contributed by atoms with Gasteiger partial charge in [-0.1, -0.05) is 24.3 Å². The minimum atomic E-state index is -0.0404. The number of para-hydroxylation sites is 1. The Hall–Kier alpha value is -3.01. The first kappa shape index (κ1) is 13.6. The number of amides is 1. The zero-order valence-electron chi connectivity index (χ0n) is 12.6. The van der Waals surface area contributed by atoms with Crippen LogP contribution in [0.3, 0.4) is 0 Å². The van der Waals surface area contributed by atoms with E-state index in [-0.39, 0.29) is 5.91 Å². The standard InChI is InChI=1S/C19H17N3O/c23-19(14-6-5-13-7-9-20-18(13)11-14)21-10-8-15-12-22-17-4-2-1-3-16(15)17/h1-7,9,11-12,20,22H,8,10H2,(H,21,23). The summed E-state index contributed by atoms with van der Waals surface area (Å²) in [4.78, 5) is 18.7. The van der Waals surface area contributed by atoms with Crippen LogP contribution in [0.2, 0.25) is 0 Å². The third kappa shape index (κ3) is 2.59. The van der Waals surface area contributed by atoms with E-state index >= 15 is 0 Å². The minimum Gasteiger partial charge on any atom is -0.361 e. The van der Waals surface area contributed by atoms with Gasteiger partial charge in [0.15, 0.2) is 0 Å². The molecule has 0 saturated carbocycles. The van der Waals surface area contributed by atoms with Gasteiger partial charge in [0.2, 0.25) is 0 Å². The lowest BCUT2D eigenvalue weighted by atomic mass is 10.1. The summed E-state index contributed by atoms with van der Waals surface area (Å²) in [6, 6.07) is 15.9. The van der Waals surface area contributed by atoms with Crippen molar-refractivity contribution in [3.8, 4) is 0 Å². The normalized spacial score (nSPS) is 11.1. The van der Waals surface area contributed by atoms with Crippen molar-refractivity contribution >= 4 is 27.7 Å². The van der Waals surface area contributed by atoms with Crippen molar-refractivity contribution in [3.63, 3.8) is 0 Å². The summed E-state index contributed by atoms with van der Waals surface area (Å²) in [6.07, 6.45) is 4.70. The van der Waals surface area contributed by atoms with Crippen molar-refractivity contribution < 1.29 is 4.79 Å². The average molecular weight is 303 g/mol. The molecule has 114 valence electrons. The van der Waals surface area contributed by atoms with Gasteiger partial charge in [-0.15, -0.1) is 0 Å². The van der Waals surface area contributed by atoms with Crippen LogP contribution in [0.1, 0.15) is 15.9 Å². The van der Waals surface area contributed by atoms with Gasteiger partial charge >= 0.3 is 0 Å². The molecule has 2 aromatic carbocycles. The van der Waals surface area contributed by atoms with Crippen molar-refractivity contribution in [1.29, 1.82) is 0 Å². The zero-order chi connectivity index (χ0) is 15.6. The maximum absolute atomic E-state index is 12.3. The first-order valence-corrected chi connectivity index (χ1v) is 7.71. The molecule has 2 aromatic heterocycles. The van der Waals surface area contributed by atoms with Gasteiger partial charge in [-0.3, -0.25) is 4.79 Å². The quantitative estimate of drug-likeness (QED) is 0.530. The Morgan fingerprint density at radius 3 is 2.87 bits per heavy atom. The summed E-state index contributed by atoms with van der Waals surface area (Å²) in [7, 11) is 0. The zero-order valence-corrected chi connectivity index (χ0v) is 12.6. The number of H-pyrrole nitrogens is 2. The molecule has 4 aromatic rings. The van der Waals surface area contributed by atoms with Crippen molar-refractivity contribution in [1.82, 2.24) is 15.3 Å². The highest BCUT2D eigenvalue weighted by molar-refractivity contribution is 5.97. The highest BCUT2D eigenvalue weighted by Crippen LogP contribution is 2.18. The van der Waals surface area contributed by atoms with Gasteiger partial charge in [-0.05, 0) is 41.6 Å². The van der Waals surface area contributed by atoms with Gasteiger partial charge < -0.3 is 15.3 Å². The largest absolute Gasteiger partial charge is 0.361 e. The lowest BCUT2D eigenvalue weighted by molar-refractivity contribution is 0.0954. The number of aromatic nitrogens is 2. The number of carbonyl (C=O) groups excluding carboxylic acids is 1. The third-order valence-corrected chi connectivity index (χ3v) is 4.17. The molecular formula is C19H17N3O. The second kappa shape index (κ2) is 5.65. The third-order valence-electron chi connectivity index (χ3n) is 4.17. The van der Waals surface area contributed by atoms with Gasteiger partial charge in [-0.2, -0.15) is 0 Å². The number of nitrogens with one attached hydrogen (secondary N) is 3. The number of fused-ring (bicyclic) bond motifs is 2. The Morgan fingerprint density at radius 2 is 1.91 bits per heavy atom. The number of aromatic amines is 2. The Bertz CT molecular complexity index is 980. The molecule has 0 aliphatic carbocycles. The smallest absolute Gasteiger partial charge is 0.251 e. The Balaban J connectivity index is 1.43. The van der Waals surface area contributed by atoms with E-state index in [1.807, 2.05) is 48.8 Å². The fourth-order valence-electron chi connectivity index (χ4n) is 2.94. The SMILES string of the molecule is O=C(NCCc1c[nH]c2ccccc12)c1ccc2cc[nH]c2c1. The molecule has 1 amide bonds. The highest BCUT2D eigenvalue weighted by atomic mass is 16.1. The lowest BCUT2D eigenvalue weighted by Crippen LogP contribution is -2.25. The summed E-state index contributed by atoms with van der Waals surface area (Å²) in [5.41, 5.74) is 4.01. The van der Waals surface area contributed by atoms with E-state index in [2.05, 4.69) is 27.4 Å². The summed E-state index contributed by atoms with van der Waals surface area (Å²) in [5.74, 6) is -0.0404. The molecule has 0 aliphatic rings. The van der Waals surface area contributed by atoms with Crippen molar-refractivity contribution in [2.45, 2.75) is 6.42 Å². The van der Waals surface area contributed by atoms with Gasteiger partial charge in [0.05, 0.1) is 0 Å². The van der Waals surface area contributed by atoms with Crippen LogP contribution in [0.25, 0.3) is 21.8 Å². The molecule has 3 N–H and O–H groups in total. The summed E-state index contributed by atoms with van der Waals surface area (Å²) < 4.78 is 0. The van der Waals surface area contributed by atoms with E-state index < -0.39 is 0 Å². The molecule has 0 bridgehead atoms. The molecule has 0 atom stereocenters. The summed E-state index contributed by atoms with van der Waals surface area (Å²) >= 11 is 0. The molecule has 0 fully saturated rings. The Labute approximate surface area is 133 Å². The predicted octanol–water partition coefficient (Wildman–Crippen LogP) is 3.62. The molecule has 4 rings (SSSR count). The van der Waals surface area contributed by atoms with E-state index in [9.17, 15) is 4.79 Å². The maximum atomic E-state index is 12.3. The minimum absolute atomic E-state index is 0.0404. The molecule has 2 heterocycles. The van der Waals surface area contributed by atoms with Crippen LogP contribution in [0.5, 0.6) is 0 Å². The van der Waals surface area contributed by atoms with Crippen molar-refractivity contribution in [3.05, 3.63) is 72.1 Å². The predicted molar refractivity (Wildman–Crippen MR) is 92.6 cm³/mol. The fourth-order valence-corrected chi connectivity index (χ4v) is 2.94. The molecular weight excluding hydrogens is 286 g/mol. The van der Waals surface area contributed by atoms with Crippen molar-refractivity contribution in [2.75, 3.05) is 6.54 Å². The second-order valence-corrected chi connectivity index (χ2v) is 5.65. The van der Waals surface area contributed by atoms with E-state index in [0.717, 1.165) is 22.8 Å². The number of rotatable bonds is 4. The maximum Gasteiger partial charge on any atom is 0.251 e. The molecule has 0 spiro atoms. The van der Waals surface area contributed by atoms with Crippen LogP contribution >= 0.6 is 0 Å². The van der Waals surface area contributed by atoms with Crippen molar-refractivity contribution in [2.24, 2.45) is 0 Å². The van der Waals surface area contributed by atoms with Crippen LogP contribution in [0, 0.1) is 0 Å². The molecule has 4 nitrogen and oxygen atoms in total. The molecule has 0 aliphatic heterocycles. The van der Waals surface area contributed by atoms with Gasteiger partial charge in [0.25, 0.3) is 5.91 Å². The first-order chi connectivity index (χ1) is 11.3. The lowest BCUT2D eigenvalue weighted by Gasteiger charge is -2.05. The molecule has 0 saturated heterocycles. The number of benzene rings is 2. The van der Waals surface area contributed by atoms with Crippen LogP contribution in [0.4, 0.5) is 0 Å². The average Bonchev–Trinajstić information content (AvgIpc) is 3.21. The van der Waals surface area contributed by atoms with E-state index in [4.69, 9.17) is 0 Å². The molecule has 0 radical (unpaired) electrons. The Morgan fingerprint density at radius 1 is 1.00 bits per heavy atom. The number of hydrogen-bond donors (Lipinski definition) is 3. The summed E-state index contributed by atoms with van der Waals surface area (Å²) in [6.45, 7) is 0.615.